The van der Waals surface area contributed by atoms with Gasteiger partial charge in [-0.2, -0.15) is 5.26 Å². The highest BCUT2D eigenvalue weighted by Crippen LogP contribution is 2.23. The van der Waals surface area contributed by atoms with Crippen LogP contribution < -0.4 is 4.74 Å². The third kappa shape index (κ3) is 4.57. The molecule has 0 aliphatic heterocycles. The van der Waals surface area contributed by atoms with E-state index in [0.717, 1.165) is 6.54 Å². The Kier molecular flexibility index (Phi) is 5.38. The van der Waals surface area contributed by atoms with Crippen molar-refractivity contribution in [2.45, 2.75) is 33.7 Å². The van der Waals surface area contributed by atoms with Gasteiger partial charge in [0.2, 0.25) is 0 Å². The third-order valence-corrected chi connectivity index (χ3v) is 3.62. The number of nitriles is 1. The normalized spacial score (nSPS) is 13.1. The molecule has 0 aliphatic rings. The summed E-state index contributed by atoms with van der Waals surface area (Å²) >= 11 is 0. The molecular weight excluding hydrogens is 236 g/mol. The van der Waals surface area contributed by atoms with Gasteiger partial charge in [0, 0.05) is 12.6 Å². The van der Waals surface area contributed by atoms with Crippen molar-refractivity contribution in [1.29, 1.82) is 5.26 Å². The van der Waals surface area contributed by atoms with E-state index < -0.39 is 0 Å². The lowest BCUT2D eigenvalue weighted by atomic mass is 9.87. The van der Waals surface area contributed by atoms with Crippen LogP contribution in [-0.4, -0.2) is 31.1 Å². The van der Waals surface area contributed by atoms with Gasteiger partial charge in [-0.05, 0) is 31.5 Å². The van der Waals surface area contributed by atoms with E-state index in [1.54, 1.807) is 6.07 Å². The second kappa shape index (κ2) is 6.58. The first kappa shape index (κ1) is 15.5. The Labute approximate surface area is 116 Å². The molecule has 1 aromatic rings. The van der Waals surface area contributed by atoms with Gasteiger partial charge in [-0.25, -0.2) is 0 Å². The standard InChI is InChI=1S/C16H24N2O/c1-13(16(2,3)4)18(5)10-11-19-15-9-7-6-8-14(15)12-17/h6-9,13H,10-11H2,1-5H3. The van der Waals surface area contributed by atoms with Gasteiger partial charge >= 0.3 is 0 Å². The number of benzene rings is 1. The predicted molar refractivity (Wildman–Crippen MR) is 78.2 cm³/mol. The van der Waals surface area contributed by atoms with E-state index in [0.29, 0.717) is 24.0 Å². The van der Waals surface area contributed by atoms with Crippen LogP contribution in [0.1, 0.15) is 33.3 Å². The first-order valence-corrected chi connectivity index (χ1v) is 6.68. The first-order chi connectivity index (χ1) is 8.86. The lowest BCUT2D eigenvalue weighted by molar-refractivity contribution is 0.121. The van der Waals surface area contributed by atoms with Crippen LogP contribution in [0.25, 0.3) is 0 Å². The van der Waals surface area contributed by atoms with E-state index in [4.69, 9.17) is 10.00 Å². The summed E-state index contributed by atoms with van der Waals surface area (Å²) in [6.07, 6.45) is 0. The fourth-order valence-electron chi connectivity index (χ4n) is 1.84. The number of likely N-dealkylation sites (N-methyl/N-ethyl adjacent to an activating group) is 1. The number of rotatable bonds is 5. The second-order valence-corrected chi connectivity index (χ2v) is 5.98. The zero-order chi connectivity index (χ0) is 14.5. The molecule has 3 heteroatoms. The summed E-state index contributed by atoms with van der Waals surface area (Å²) in [5.41, 5.74) is 0.841. The van der Waals surface area contributed by atoms with E-state index >= 15 is 0 Å². The topological polar surface area (TPSA) is 36.3 Å². The molecule has 0 heterocycles. The van der Waals surface area contributed by atoms with E-state index in [-0.39, 0.29) is 5.41 Å². The predicted octanol–water partition coefficient (Wildman–Crippen LogP) is 3.30. The van der Waals surface area contributed by atoms with Crippen LogP contribution in [0.4, 0.5) is 0 Å². The molecule has 0 aliphatic carbocycles. The molecule has 0 bridgehead atoms. The lowest BCUT2D eigenvalue weighted by Gasteiger charge is -2.35. The van der Waals surface area contributed by atoms with E-state index in [1.165, 1.54) is 0 Å². The van der Waals surface area contributed by atoms with Gasteiger partial charge in [0.1, 0.15) is 18.4 Å². The van der Waals surface area contributed by atoms with Crippen LogP contribution in [0.5, 0.6) is 5.75 Å². The Morgan fingerprint density at radius 3 is 2.53 bits per heavy atom. The van der Waals surface area contributed by atoms with Crippen molar-refractivity contribution in [2.24, 2.45) is 5.41 Å². The fourth-order valence-corrected chi connectivity index (χ4v) is 1.84. The molecule has 0 radical (unpaired) electrons. The summed E-state index contributed by atoms with van der Waals surface area (Å²) in [6.45, 7) is 10.4. The summed E-state index contributed by atoms with van der Waals surface area (Å²) in [6, 6.07) is 9.96. The Morgan fingerprint density at radius 1 is 1.32 bits per heavy atom. The lowest BCUT2D eigenvalue weighted by Crippen LogP contribution is -2.41. The van der Waals surface area contributed by atoms with Crippen molar-refractivity contribution < 1.29 is 4.74 Å². The maximum atomic E-state index is 8.98. The molecule has 1 unspecified atom stereocenters. The zero-order valence-electron chi connectivity index (χ0n) is 12.6. The summed E-state index contributed by atoms with van der Waals surface area (Å²) in [7, 11) is 2.11. The van der Waals surface area contributed by atoms with E-state index in [1.807, 2.05) is 18.2 Å². The number of hydrogen-bond donors (Lipinski definition) is 0. The molecule has 1 rings (SSSR count). The first-order valence-electron chi connectivity index (χ1n) is 6.68. The molecule has 0 spiro atoms. The van der Waals surface area contributed by atoms with Crippen LogP contribution >= 0.6 is 0 Å². The van der Waals surface area contributed by atoms with Crippen molar-refractivity contribution in [3.05, 3.63) is 29.8 Å². The second-order valence-electron chi connectivity index (χ2n) is 5.98. The average molecular weight is 260 g/mol. The molecule has 104 valence electrons. The minimum Gasteiger partial charge on any atom is -0.491 e. The molecule has 0 fully saturated rings. The molecule has 3 nitrogen and oxygen atoms in total. The molecule has 0 amide bonds. The zero-order valence-corrected chi connectivity index (χ0v) is 12.6. The molecule has 1 atom stereocenters. The number of nitrogens with zero attached hydrogens (tertiary/aromatic N) is 2. The maximum absolute atomic E-state index is 8.98. The van der Waals surface area contributed by atoms with Gasteiger partial charge in [-0.15, -0.1) is 0 Å². The van der Waals surface area contributed by atoms with Crippen molar-refractivity contribution in [1.82, 2.24) is 4.90 Å². The van der Waals surface area contributed by atoms with Crippen LogP contribution in [0.3, 0.4) is 0 Å². The fraction of sp³-hybridized carbons (Fsp3) is 0.562. The third-order valence-electron chi connectivity index (χ3n) is 3.62. The van der Waals surface area contributed by atoms with E-state index in [9.17, 15) is 0 Å². The van der Waals surface area contributed by atoms with E-state index in [2.05, 4.69) is 45.7 Å². The van der Waals surface area contributed by atoms with Crippen molar-refractivity contribution in [2.75, 3.05) is 20.2 Å². The van der Waals surface area contributed by atoms with Crippen molar-refractivity contribution in [3.8, 4) is 11.8 Å². The Balaban J connectivity index is 2.49. The summed E-state index contributed by atoms with van der Waals surface area (Å²) < 4.78 is 5.70. The van der Waals surface area contributed by atoms with Crippen molar-refractivity contribution >= 4 is 0 Å². The number of para-hydroxylation sites is 1. The van der Waals surface area contributed by atoms with Gasteiger partial charge in [0.15, 0.2) is 0 Å². The summed E-state index contributed by atoms with van der Waals surface area (Å²) in [5.74, 6) is 0.668. The highest BCUT2D eigenvalue weighted by atomic mass is 16.5. The van der Waals surface area contributed by atoms with Crippen LogP contribution in [0.2, 0.25) is 0 Å². The molecule has 0 N–H and O–H groups in total. The average Bonchev–Trinajstić information content (AvgIpc) is 2.37. The number of ether oxygens (including phenoxy) is 1. The summed E-state index contributed by atoms with van der Waals surface area (Å²) in [5, 5.41) is 8.98. The van der Waals surface area contributed by atoms with Crippen molar-refractivity contribution in [3.63, 3.8) is 0 Å². The smallest absolute Gasteiger partial charge is 0.137 e. The molecular formula is C16H24N2O. The minimum absolute atomic E-state index is 0.249. The minimum atomic E-state index is 0.249. The molecule has 1 aromatic carbocycles. The largest absolute Gasteiger partial charge is 0.491 e. The molecule has 19 heavy (non-hydrogen) atoms. The van der Waals surface area contributed by atoms with Crippen LogP contribution in [-0.2, 0) is 0 Å². The summed E-state index contributed by atoms with van der Waals surface area (Å²) in [4.78, 5) is 2.29. The highest BCUT2D eigenvalue weighted by molar-refractivity contribution is 5.42. The Morgan fingerprint density at radius 2 is 1.95 bits per heavy atom. The van der Waals surface area contributed by atoms with Gasteiger partial charge in [-0.1, -0.05) is 32.9 Å². The SMILES string of the molecule is CC(N(C)CCOc1ccccc1C#N)C(C)(C)C. The molecule has 0 saturated heterocycles. The van der Waals surface area contributed by atoms with Gasteiger partial charge < -0.3 is 4.74 Å². The molecule has 0 saturated carbocycles. The Bertz CT molecular complexity index is 443. The van der Waals surface area contributed by atoms with Gasteiger partial charge in [0.25, 0.3) is 0 Å². The highest BCUT2D eigenvalue weighted by Gasteiger charge is 2.23. The molecule has 0 aromatic heterocycles. The maximum Gasteiger partial charge on any atom is 0.137 e. The Hall–Kier alpha value is -1.53. The quantitative estimate of drug-likeness (QED) is 0.815. The number of hydrogen-bond acceptors (Lipinski definition) is 3. The monoisotopic (exact) mass is 260 g/mol. The van der Waals surface area contributed by atoms with Gasteiger partial charge in [-0.3, -0.25) is 4.90 Å². The van der Waals surface area contributed by atoms with Crippen LogP contribution in [0.15, 0.2) is 24.3 Å². The van der Waals surface area contributed by atoms with Crippen LogP contribution in [0, 0.1) is 16.7 Å². The van der Waals surface area contributed by atoms with Gasteiger partial charge in [0.05, 0.1) is 5.56 Å².